The van der Waals surface area contributed by atoms with Crippen LogP contribution in [0.1, 0.15) is 20.3 Å². The third-order valence-electron chi connectivity index (χ3n) is 2.80. The van der Waals surface area contributed by atoms with Crippen LogP contribution in [-0.2, 0) is 6.54 Å². The summed E-state index contributed by atoms with van der Waals surface area (Å²) in [5, 5.41) is 3.07. The first-order valence-corrected chi connectivity index (χ1v) is 6.63. The van der Waals surface area contributed by atoms with Gasteiger partial charge in [-0.3, -0.25) is 4.99 Å². The van der Waals surface area contributed by atoms with Gasteiger partial charge in [0, 0.05) is 19.1 Å². The minimum atomic E-state index is 0. The van der Waals surface area contributed by atoms with Gasteiger partial charge in [-0.15, -0.1) is 24.0 Å². The van der Waals surface area contributed by atoms with Crippen LogP contribution in [0.4, 0.5) is 0 Å². The summed E-state index contributed by atoms with van der Waals surface area (Å²) >= 11 is 0. The number of nitrogens with two attached hydrogens (primary N) is 1. The van der Waals surface area contributed by atoms with Crippen LogP contribution in [0, 0.1) is 0 Å². The number of aryl methyl sites for hydroxylation is 1. The maximum Gasteiger partial charge on any atom is 0.188 e. The van der Waals surface area contributed by atoms with E-state index in [2.05, 4.69) is 25.9 Å². The molecule has 20 heavy (non-hydrogen) atoms. The summed E-state index contributed by atoms with van der Waals surface area (Å²) in [4.78, 5) is 8.66. The number of nitrogens with zero attached hydrogens (tertiary/aromatic N) is 3. The molecule has 0 spiro atoms. The van der Waals surface area contributed by atoms with Gasteiger partial charge in [0.25, 0.3) is 0 Å². The number of guanidine groups is 1. The standard InChI is InChI=1S/C14H21N5.HI/c1-11(2)18-14(15)16-8-5-9-19-10-17-12-6-3-4-7-13(12)19;/h3-4,6-7,10-11H,5,8-9H2,1-2H3,(H3,15,16,18);1H. The number of benzene rings is 1. The highest BCUT2D eigenvalue weighted by atomic mass is 127. The topological polar surface area (TPSA) is 68.2 Å². The Kier molecular flexibility index (Phi) is 6.77. The van der Waals surface area contributed by atoms with E-state index in [0.29, 0.717) is 12.0 Å². The second-order valence-electron chi connectivity index (χ2n) is 4.85. The first kappa shape index (κ1) is 16.7. The summed E-state index contributed by atoms with van der Waals surface area (Å²) < 4.78 is 2.15. The van der Waals surface area contributed by atoms with Crippen LogP contribution >= 0.6 is 24.0 Å². The van der Waals surface area contributed by atoms with Crippen molar-refractivity contribution in [2.24, 2.45) is 10.7 Å². The van der Waals surface area contributed by atoms with E-state index in [0.717, 1.165) is 25.0 Å². The van der Waals surface area contributed by atoms with E-state index in [4.69, 9.17) is 5.73 Å². The molecule has 2 rings (SSSR count). The predicted octanol–water partition coefficient (Wildman–Crippen LogP) is 2.36. The minimum Gasteiger partial charge on any atom is -0.370 e. The minimum absolute atomic E-state index is 0. The van der Waals surface area contributed by atoms with Gasteiger partial charge in [-0.05, 0) is 32.4 Å². The van der Waals surface area contributed by atoms with Crippen LogP contribution in [0.5, 0.6) is 0 Å². The normalized spacial score (nSPS) is 11.7. The molecule has 0 unspecified atom stereocenters. The lowest BCUT2D eigenvalue weighted by molar-refractivity contribution is 0.660. The van der Waals surface area contributed by atoms with Gasteiger partial charge < -0.3 is 15.6 Å². The highest BCUT2D eigenvalue weighted by Crippen LogP contribution is 2.11. The summed E-state index contributed by atoms with van der Waals surface area (Å²) in [5.74, 6) is 0.519. The monoisotopic (exact) mass is 387 g/mol. The number of fused-ring (bicyclic) bond motifs is 1. The predicted molar refractivity (Wildman–Crippen MR) is 94.5 cm³/mol. The molecule has 5 nitrogen and oxygen atoms in total. The molecule has 1 heterocycles. The van der Waals surface area contributed by atoms with Gasteiger partial charge in [-0.2, -0.15) is 0 Å². The highest BCUT2D eigenvalue weighted by Gasteiger charge is 2.00. The van der Waals surface area contributed by atoms with E-state index in [1.807, 2.05) is 38.4 Å². The Balaban J connectivity index is 0.00000200. The molecule has 3 N–H and O–H groups in total. The van der Waals surface area contributed by atoms with Gasteiger partial charge in [-0.25, -0.2) is 4.98 Å². The molecule has 0 bridgehead atoms. The van der Waals surface area contributed by atoms with E-state index in [-0.39, 0.29) is 24.0 Å². The van der Waals surface area contributed by atoms with Crippen molar-refractivity contribution in [2.45, 2.75) is 32.9 Å². The van der Waals surface area contributed by atoms with Crippen LogP contribution in [0.3, 0.4) is 0 Å². The molecule has 0 aliphatic carbocycles. The van der Waals surface area contributed by atoms with Crippen molar-refractivity contribution in [1.29, 1.82) is 0 Å². The Morgan fingerprint density at radius 2 is 2.15 bits per heavy atom. The maximum atomic E-state index is 5.74. The second kappa shape index (κ2) is 8.08. The number of aliphatic imine (C=N–C) groups is 1. The molecule has 110 valence electrons. The van der Waals surface area contributed by atoms with Gasteiger partial charge in [0.05, 0.1) is 17.4 Å². The molecule has 6 heteroatoms. The average Bonchev–Trinajstić information content (AvgIpc) is 2.77. The quantitative estimate of drug-likeness (QED) is 0.358. The van der Waals surface area contributed by atoms with Crippen LogP contribution in [0.15, 0.2) is 35.6 Å². The zero-order chi connectivity index (χ0) is 13.7. The fourth-order valence-electron chi connectivity index (χ4n) is 1.97. The summed E-state index contributed by atoms with van der Waals surface area (Å²) in [6, 6.07) is 8.46. The van der Waals surface area contributed by atoms with Crippen LogP contribution in [0.2, 0.25) is 0 Å². The molecule has 1 aromatic heterocycles. The van der Waals surface area contributed by atoms with Crippen LogP contribution < -0.4 is 11.1 Å². The number of imidazole rings is 1. The van der Waals surface area contributed by atoms with Crippen molar-refractivity contribution < 1.29 is 0 Å². The van der Waals surface area contributed by atoms with Gasteiger partial charge in [0.1, 0.15) is 0 Å². The molecular weight excluding hydrogens is 365 g/mol. The van der Waals surface area contributed by atoms with Gasteiger partial charge in [0.2, 0.25) is 0 Å². The third kappa shape index (κ3) is 4.66. The lowest BCUT2D eigenvalue weighted by Crippen LogP contribution is -2.36. The lowest BCUT2D eigenvalue weighted by Gasteiger charge is -2.08. The number of nitrogens with one attached hydrogen (secondary N) is 1. The molecular formula is C14H22IN5. The zero-order valence-corrected chi connectivity index (χ0v) is 14.2. The van der Waals surface area contributed by atoms with E-state index in [1.54, 1.807) is 0 Å². The molecule has 0 fully saturated rings. The van der Waals surface area contributed by atoms with Gasteiger partial charge >= 0.3 is 0 Å². The summed E-state index contributed by atoms with van der Waals surface area (Å²) in [6.07, 6.45) is 2.82. The van der Waals surface area contributed by atoms with E-state index in [1.165, 1.54) is 5.52 Å². The Bertz CT molecular complexity index is 561. The van der Waals surface area contributed by atoms with Crippen molar-refractivity contribution in [2.75, 3.05) is 6.54 Å². The molecule has 0 atom stereocenters. The maximum absolute atomic E-state index is 5.74. The fourth-order valence-corrected chi connectivity index (χ4v) is 1.97. The van der Waals surface area contributed by atoms with Crippen molar-refractivity contribution in [1.82, 2.24) is 14.9 Å². The van der Waals surface area contributed by atoms with Gasteiger partial charge in [0.15, 0.2) is 5.96 Å². The van der Waals surface area contributed by atoms with Crippen molar-refractivity contribution in [3.8, 4) is 0 Å². The number of hydrogen-bond acceptors (Lipinski definition) is 2. The first-order chi connectivity index (χ1) is 9.16. The molecule has 2 aromatic rings. The Morgan fingerprint density at radius 3 is 2.90 bits per heavy atom. The Morgan fingerprint density at radius 1 is 1.40 bits per heavy atom. The first-order valence-electron chi connectivity index (χ1n) is 6.63. The molecule has 0 aliphatic heterocycles. The van der Waals surface area contributed by atoms with Crippen molar-refractivity contribution in [3.05, 3.63) is 30.6 Å². The van der Waals surface area contributed by atoms with E-state index >= 15 is 0 Å². The Labute approximate surface area is 136 Å². The SMILES string of the molecule is CC(C)NC(N)=NCCCn1cnc2ccccc21.I. The van der Waals surface area contributed by atoms with E-state index < -0.39 is 0 Å². The second-order valence-corrected chi connectivity index (χ2v) is 4.85. The smallest absolute Gasteiger partial charge is 0.188 e. The molecule has 0 saturated heterocycles. The van der Waals surface area contributed by atoms with Crippen LogP contribution in [-0.4, -0.2) is 28.1 Å². The largest absolute Gasteiger partial charge is 0.370 e. The molecule has 0 saturated carbocycles. The van der Waals surface area contributed by atoms with Crippen LogP contribution in [0.25, 0.3) is 11.0 Å². The molecule has 1 aromatic carbocycles. The Hall–Kier alpha value is -1.31. The number of para-hydroxylation sites is 2. The summed E-state index contributed by atoms with van der Waals surface area (Å²) in [7, 11) is 0. The van der Waals surface area contributed by atoms with Gasteiger partial charge in [-0.1, -0.05) is 12.1 Å². The zero-order valence-electron chi connectivity index (χ0n) is 11.9. The van der Waals surface area contributed by atoms with Crippen molar-refractivity contribution in [3.63, 3.8) is 0 Å². The molecule has 0 aliphatic rings. The van der Waals surface area contributed by atoms with Crippen molar-refractivity contribution >= 4 is 41.0 Å². The number of hydrogen-bond donors (Lipinski definition) is 2. The average molecular weight is 387 g/mol. The fraction of sp³-hybridized carbons (Fsp3) is 0.429. The number of aromatic nitrogens is 2. The number of halogens is 1. The lowest BCUT2D eigenvalue weighted by atomic mass is 10.3. The molecule has 0 amide bonds. The van der Waals surface area contributed by atoms with E-state index in [9.17, 15) is 0 Å². The summed E-state index contributed by atoms with van der Waals surface area (Å²) in [5.41, 5.74) is 7.95. The number of rotatable bonds is 5. The highest BCUT2D eigenvalue weighted by molar-refractivity contribution is 14.0. The summed E-state index contributed by atoms with van der Waals surface area (Å²) in [6.45, 7) is 5.71. The molecule has 0 radical (unpaired) electrons. The third-order valence-corrected chi connectivity index (χ3v) is 2.80.